The molecule has 0 radical (unpaired) electrons. The van der Waals surface area contributed by atoms with Crippen molar-refractivity contribution in [1.82, 2.24) is 30.2 Å². The monoisotopic (exact) mass is 403 g/mol. The predicted octanol–water partition coefficient (Wildman–Crippen LogP) is 1.99. The van der Waals surface area contributed by atoms with Crippen molar-refractivity contribution in [2.75, 3.05) is 11.9 Å². The van der Waals surface area contributed by atoms with E-state index >= 15 is 0 Å². The van der Waals surface area contributed by atoms with E-state index in [1.807, 2.05) is 0 Å². The van der Waals surface area contributed by atoms with Gasteiger partial charge in [0, 0.05) is 16.8 Å². The fourth-order valence-corrected chi connectivity index (χ4v) is 2.69. The van der Waals surface area contributed by atoms with Crippen LogP contribution in [0.25, 0.3) is 17.1 Å². The zero-order valence-corrected chi connectivity index (χ0v) is 15.9. The molecule has 2 aromatic carbocycles. The molecule has 2 N–H and O–H groups in total. The second-order valence-electron chi connectivity index (χ2n) is 6.34. The molecule has 4 rings (SSSR count). The number of hydrogen-bond acceptors (Lipinski definition) is 7. The van der Waals surface area contributed by atoms with Gasteiger partial charge < -0.3 is 15.2 Å². The van der Waals surface area contributed by atoms with Crippen molar-refractivity contribution in [2.45, 2.75) is 6.92 Å². The van der Waals surface area contributed by atoms with Crippen LogP contribution >= 0.6 is 0 Å². The Kier molecular flexibility index (Phi) is 5.29. The van der Waals surface area contributed by atoms with Gasteiger partial charge in [0.15, 0.2) is 5.82 Å². The molecule has 4 aromatic rings. The van der Waals surface area contributed by atoms with E-state index in [0.29, 0.717) is 28.5 Å². The normalized spacial score (nSPS) is 10.6. The van der Waals surface area contributed by atoms with Gasteiger partial charge in [0.1, 0.15) is 12.7 Å². The Morgan fingerprint density at radius 1 is 1.07 bits per heavy atom. The Morgan fingerprint density at radius 3 is 2.47 bits per heavy atom. The molecule has 0 saturated heterocycles. The van der Waals surface area contributed by atoms with Crippen LogP contribution < -0.4 is 10.6 Å². The van der Waals surface area contributed by atoms with Gasteiger partial charge in [-0.1, -0.05) is 5.16 Å². The molecular formula is C20H17N7O3. The number of carbonyl (C=O) groups is 2. The van der Waals surface area contributed by atoms with Gasteiger partial charge in [-0.05, 0) is 55.5 Å². The van der Waals surface area contributed by atoms with Crippen LogP contribution in [-0.2, 0) is 4.79 Å². The third-order valence-corrected chi connectivity index (χ3v) is 4.17. The second-order valence-corrected chi connectivity index (χ2v) is 6.34. The fourth-order valence-electron chi connectivity index (χ4n) is 2.69. The molecule has 0 fully saturated rings. The van der Waals surface area contributed by atoms with E-state index < -0.39 is 0 Å². The average Bonchev–Trinajstić information content (AvgIpc) is 3.45. The summed E-state index contributed by atoms with van der Waals surface area (Å²) in [4.78, 5) is 32.4. The third kappa shape index (κ3) is 4.38. The molecule has 2 amide bonds. The minimum atomic E-state index is -0.361. The van der Waals surface area contributed by atoms with E-state index in [0.717, 1.165) is 5.69 Å². The van der Waals surface area contributed by atoms with Crippen molar-refractivity contribution < 1.29 is 14.1 Å². The zero-order chi connectivity index (χ0) is 20.9. The summed E-state index contributed by atoms with van der Waals surface area (Å²) in [6, 6.07) is 13.8. The van der Waals surface area contributed by atoms with Crippen molar-refractivity contribution in [3.05, 3.63) is 72.6 Å². The summed E-state index contributed by atoms with van der Waals surface area (Å²) in [5.74, 6) is 0.217. The van der Waals surface area contributed by atoms with Crippen LogP contribution in [0.2, 0.25) is 0 Å². The van der Waals surface area contributed by atoms with Crippen LogP contribution in [0.1, 0.15) is 16.2 Å². The number of rotatable bonds is 6. The number of hydrogen-bond donors (Lipinski definition) is 2. The number of aromatic nitrogens is 5. The maximum absolute atomic E-state index is 12.3. The number of carbonyl (C=O) groups excluding carboxylic acids is 2. The quantitative estimate of drug-likeness (QED) is 0.504. The Bertz CT molecular complexity index is 1150. The van der Waals surface area contributed by atoms with Gasteiger partial charge in [-0.15, -0.1) is 0 Å². The Balaban J connectivity index is 1.29. The Hall–Kier alpha value is -4.34. The predicted molar refractivity (Wildman–Crippen MR) is 107 cm³/mol. The molecule has 0 spiro atoms. The zero-order valence-electron chi connectivity index (χ0n) is 15.9. The number of benzene rings is 2. The first-order valence-electron chi connectivity index (χ1n) is 9.02. The molecule has 30 heavy (non-hydrogen) atoms. The number of aryl methyl sites for hydroxylation is 1. The SMILES string of the molecule is Cc1noc(-c2ccc(C(=O)NCC(=O)Nc3ccc(-n4cncn4)cc3)cc2)n1. The molecule has 10 nitrogen and oxygen atoms in total. The smallest absolute Gasteiger partial charge is 0.257 e. The van der Waals surface area contributed by atoms with Crippen LogP contribution in [0, 0.1) is 6.92 Å². The number of nitrogens with zero attached hydrogens (tertiary/aromatic N) is 5. The lowest BCUT2D eigenvalue weighted by molar-refractivity contribution is -0.115. The molecule has 0 atom stereocenters. The first-order chi connectivity index (χ1) is 14.6. The molecule has 0 aliphatic heterocycles. The lowest BCUT2D eigenvalue weighted by Gasteiger charge is -2.08. The number of amides is 2. The van der Waals surface area contributed by atoms with Gasteiger partial charge in [0.25, 0.3) is 11.8 Å². The van der Waals surface area contributed by atoms with E-state index in [4.69, 9.17) is 4.52 Å². The highest BCUT2D eigenvalue weighted by atomic mass is 16.5. The van der Waals surface area contributed by atoms with E-state index in [-0.39, 0.29) is 18.4 Å². The summed E-state index contributed by atoms with van der Waals surface area (Å²) in [5.41, 5.74) is 2.55. The van der Waals surface area contributed by atoms with Crippen LogP contribution in [0.15, 0.2) is 65.7 Å². The van der Waals surface area contributed by atoms with E-state index in [1.54, 1.807) is 66.5 Å². The largest absolute Gasteiger partial charge is 0.343 e. The van der Waals surface area contributed by atoms with Gasteiger partial charge in [-0.3, -0.25) is 9.59 Å². The van der Waals surface area contributed by atoms with Crippen molar-refractivity contribution in [2.24, 2.45) is 0 Å². The van der Waals surface area contributed by atoms with Gasteiger partial charge in [-0.25, -0.2) is 9.67 Å². The highest BCUT2D eigenvalue weighted by molar-refractivity contribution is 5.99. The lowest BCUT2D eigenvalue weighted by atomic mass is 10.1. The summed E-state index contributed by atoms with van der Waals surface area (Å²) >= 11 is 0. The van der Waals surface area contributed by atoms with Gasteiger partial charge in [-0.2, -0.15) is 10.1 Å². The van der Waals surface area contributed by atoms with E-state index in [2.05, 4.69) is 30.9 Å². The lowest BCUT2D eigenvalue weighted by Crippen LogP contribution is -2.32. The molecule has 2 heterocycles. The first kappa shape index (κ1) is 19.0. The maximum Gasteiger partial charge on any atom is 0.257 e. The Labute approximate surface area is 170 Å². The molecule has 0 aliphatic rings. The molecule has 0 unspecified atom stereocenters. The third-order valence-electron chi connectivity index (χ3n) is 4.17. The van der Waals surface area contributed by atoms with Crippen LogP contribution in [0.3, 0.4) is 0 Å². The number of anilines is 1. The van der Waals surface area contributed by atoms with E-state index in [9.17, 15) is 9.59 Å². The topological polar surface area (TPSA) is 128 Å². The molecule has 0 aliphatic carbocycles. The highest BCUT2D eigenvalue weighted by Crippen LogP contribution is 2.17. The highest BCUT2D eigenvalue weighted by Gasteiger charge is 2.11. The van der Waals surface area contributed by atoms with Crippen molar-refractivity contribution in [1.29, 1.82) is 0 Å². The van der Waals surface area contributed by atoms with Gasteiger partial charge >= 0.3 is 0 Å². The fraction of sp³-hybridized carbons (Fsp3) is 0.100. The maximum atomic E-state index is 12.3. The minimum Gasteiger partial charge on any atom is -0.343 e. The average molecular weight is 403 g/mol. The van der Waals surface area contributed by atoms with Crippen molar-refractivity contribution in [3.63, 3.8) is 0 Å². The molecular weight excluding hydrogens is 386 g/mol. The second kappa shape index (κ2) is 8.35. The van der Waals surface area contributed by atoms with Crippen LogP contribution in [0.4, 0.5) is 5.69 Å². The summed E-state index contributed by atoms with van der Waals surface area (Å²) in [5, 5.41) is 13.1. The standard InChI is InChI=1S/C20H17N7O3/c1-13-24-20(30-26-13)15-4-2-14(3-5-15)19(29)22-10-18(28)25-16-6-8-17(9-7-16)27-12-21-11-23-27/h2-9,11-12H,10H2,1H3,(H,22,29)(H,25,28). The molecule has 0 saturated carbocycles. The summed E-state index contributed by atoms with van der Waals surface area (Å²) in [6.45, 7) is 1.57. The van der Waals surface area contributed by atoms with Crippen LogP contribution in [-0.4, -0.2) is 43.3 Å². The minimum absolute atomic E-state index is 0.158. The summed E-state index contributed by atoms with van der Waals surface area (Å²) < 4.78 is 6.70. The molecule has 10 heteroatoms. The van der Waals surface area contributed by atoms with E-state index in [1.165, 1.54) is 6.33 Å². The van der Waals surface area contributed by atoms with Crippen LogP contribution in [0.5, 0.6) is 0 Å². The number of nitrogens with one attached hydrogen (secondary N) is 2. The summed E-state index contributed by atoms with van der Waals surface area (Å²) in [7, 11) is 0. The molecule has 2 aromatic heterocycles. The van der Waals surface area contributed by atoms with Gasteiger partial charge in [0.05, 0.1) is 12.2 Å². The molecule has 150 valence electrons. The van der Waals surface area contributed by atoms with Gasteiger partial charge in [0.2, 0.25) is 5.91 Å². The Morgan fingerprint density at radius 2 is 1.83 bits per heavy atom. The first-order valence-corrected chi connectivity index (χ1v) is 9.02. The molecule has 0 bridgehead atoms. The van der Waals surface area contributed by atoms with Crippen molar-refractivity contribution in [3.8, 4) is 17.1 Å². The summed E-state index contributed by atoms with van der Waals surface area (Å²) in [6.07, 6.45) is 3.02. The van der Waals surface area contributed by atoms with Crippen molar-refractivity contribution >= 4 is 17.5 Å².